The molecule has 0 aromatic carbocycles. The molecule has 0 saturated heterocycles. The quantitative estimate of drug-likeness (QED) is 0.0938. The van der Waals surface area contributed by atoms with E-state index < -0.39 is 43.0 Å². The fourth-order valence-corrected chi connectivity index (χ4v) is 3.51. The SMILES string of the molecule is CCCCCCCCCCCCCCCCCC(=O)OC(O)C(=O)[C@@H](O)[C@H](O)[C@H](O)CO. The van der Waals surface area contributed by atoms with Crippen LogP contribution in [0.3, 0.4) is 0 Å². The van der Waals surface area contributed by atoms with E-state index in [9.17, 15) is 30.0 Å². The average molecular weight is 463 g/mol. The zero-order valence-electron chi connectivity index (χ0n) is 19.8. The lowest BCUT2D eigenvalue weighted by Gasteiger charge is -2.22. The number of carbonyl (C=O) groups excluding carboxylic acids is 2. The summed E-state index contributed by atoms with van der Waals surface area (Å²) in [5.74, 6) is -2.13. The molecule has 0 bridgehead atoms. The molecule has 0 saturated carbocycles. The first kappa shape index (κ1) is 30.9. The van der Waals surface area contributed by atoms with Gasteiger partial charge in [-0.25, -0.2) is 0 Å². The van der Waals surface area contributed by atoms with E-state index >= 15 is 0 Å². The van der Waals surface area contributed by atoms with Crippen LogP contribution in [-0.4, -0.2) is 68.5 Å². The maximum absolute atomic E-state index is 11.7. The van der Waals surface area contributed by atoms with Crippen LogP contribution in [0.4, 0.5) is 0 Å². The van der Waals surface area contributed by atoms with Gasteiger partial charge in [0, 0.05) is 6.42 Å². The van der Waals surface area contributed by atoms with Crippen LogP contribution in [0.1, 0.15) is 110 Å². The molecule has 0 aliphatic heterocycles. The van der Waals surface area contributed by atoms with Gasteiger partial charge in [-0.15, -0.1) is 0 Å². The molecule has 0 aliphatic rings. The highest BCUT2D eigenvalue weighted by molar-refractivity contribution is 5.88. The van der Waals surface area contributed by atoms with E-state index in [4.69, 9.17) is 5.11 Å². The molecule has 0 spiro atoms. The van der Waals surface area contributed by atoms with Crippen molar-refractivity contribution in [3.8, 4) is 0 Å². The lowest BCUT2D eigenvalue weighted by molar-refractivity contribution is -0.184. The first-order chi connectivity index (χ1) is 15.3. The summed E-state index contributed by atoms with van der Waals surface area (Å²) in [7, 11) is 0. The lowest BCUT2D eigenvalue weighted by Crippen LogP contribution is -2.48. The molecule has 0 aromatic heterocycles. The Morgan fingerprint density at radius 3 is 1.50 bits per heavy atom. The second-order valence-corrected chi connectivity index (χ2v) is 8.63. The van der Waals surface area contributed by atoms with Gasteiger partial charge in [-0.3, -0.25) is 9.59 Å². The van der Waals surface area contributed by atoms with E-state index in [0.717, 1.165) is 19.3 Å². The summed E-state index contributed by atoms with van der Waals surface area (Å²) < 4.78 is 4.57. The molecule has 5 N–H and O–H groups in total. The Bertz CT molecular complexity index is 471. The Labute approximate surface area is 193 Å². The number of hydrogen-bond acceptors (Lipinski definition) is 8. The molecule has 0 rings (SSSR count). The fraction of sp³-hybridized carbons (Fsp3) is 0.917. The van der Waals surface area contributed by atoms with Crippen LogP contribution in [0.2, 0.25) is 0 Å². The van der Waals surface area contributed by atoms with Gasteiger partial charge in [-0.1, -0.05) is 96.8 Å². The number of hydrogen-bond donors (Lipinski definition) is 5. The molecule has 190 valence electrons. The average Bonchev–Trinajstić information content (AvgIpc) is 2.79. The monoisotopic (exact) mass is 462 g/mol. The molecule has 4 atom stereocenters. The van der Waals surface area contributed by atoms with Crippen molar-refractivity contribution in [1.29, 1.82) is 0 Å². The number of unbranched alkanes of at least 4 members (excludes halogenated alkanes) is 14. The van der Waals surface area contributed by atoms with Gasteiger partial charge in [0.2, 0.25) is 5.78 Å². The molecule has 0 aromatic rings. The first-order valence-electron chi connectivity index (χ1n) is 12.4. The third-order valence-electron chi connectivity index (χ3n) is 5.67. The van der Waals surface area contributed by atoms with Gasteiger partial charge in [0.05, 0.1) is 6.61 Å². The topological polar surface area (TPSA) is 145 Å². The molecule has 8 heteroatoms. The molecule has 0 fully saturated rings. The Kier molecular flexibility index (Phi) is 19.9. The van der Waals surface area contributed by atoms with Gasteiger partial charge in [0.15, 0.2) is 0 Å². The summed E-state index contributed by atoms with van der Waals surface area (Å²) in [4.78, 5) is 23.4. The van der Waals surface area contributed by atoms with E-state index in [1.54, 1.807) is 0 Å². The van der Waals surface area contributed by atoms with E-state index in [1.807, 2.05) is 0 Å². The summed E-state index contributed by atoms with van der Waals surface area (Å²) in [5, 5.41) is 46.5. The van der Waals surface area contributed by atoms with E-state index in [1.165, 1.54) is 70.6 Å². The Morgan fingerprint density at radius 1 is 0.688 bits per heavy atom. The molecule has 0 heterocycles. The van der Waals surface area contributed by atoms with Crippen LogP contribution in [0, 0.1) is 0 Å². The van der Waals surface area contributed by atoms with Gasteiger partial charge in [-0.2, -0.15) is 0 Å². The Balaban J connectivity index is 3.62. The summed E-state index contributed by atoms with van der Waals surface area (Å²) in [6.07, 6.45) is 9.91. The zero-order valence-corrected chi connectivity index (χ0v) is 19.8. The molecule has 8 nitrogen and oxygen atoms in total. The van der Waals surface area contributed by atoms with Crippen molar-refractivity contribution >= 4 is 11.8 Å². The van der Waals surface area contributed by atoms with Crippen molar-refractivity contribution in [3.05, 3.63) is 0 Å². The van der Waals surface area contributed by atoms with Crippen LogP contribution in [0.5, 0.6) is 0 Å². The Morgan fingerprint density at radius 2 is 1.09 bits per heavy atom. The van der Waals surface area contributed by atoms with E-state index in [0.29, 0.717) is 6.42 Å². The van der Waals surface area contributed by atoms with Crippen molar-refractivity contribution in [2.24, 2.45) is 0 Å². The third kappa shape index (κ3) is 15.7. The third-order valence-corrected chi connectivity index (χ3v) is 5.67. The molecule has 0 amide bonds. The van der Waals surface area contributed by atoms with Crippen molar-refractivity contribution in [1.82, 2.24) is 0 Å². The first-order valence-corrected chi connectivity index (χ1v) is 12.4. The van der Waals surface area contributed by atoms with Crippen LogP contribution in [0.25, 0.3) is 0 Å². The smallest absolute Gasteiger partial charge is 0.308 e. The van der Waals surface area contributed by atoms with Gasteiger partial charge < -0.3 is 30.3 Å². The minimum absolute atomic E-state index is 0.0422. The van der Waals surface area contributed by atoms with Gasteiger partial charge in [-0.05, 0) is 6.42 Å². The highest BCUT2D eigenvalue weighted by atomic mass is 16.6. The Hall–Kier alpha value is -1.06. The number of esters is 1. The minimum Gasteiger partial charge on any atom is -0.428 e. The number of ketones is 1. The predicted octanol–water partition coefficient (Wildman–Crippen LogP) is 2.75. The minimum atomic E-state index is -2.23. The predicted molar refractivity (Wildman–Crippen MR) is 122 cm³/mol. The van der Waals surface area contributed by atoms with Crippen molar-refractivity contribution in [2.75, 3.05) is 6.61 Å². The molecule has 1 unspecified atom stereocenters. The summed E-state index contributed by atoms with van der Waals surface area (Å²) >= 11 is 0. The maximum Gasteiger partial charge on any atom is 0.308 e. The van der Waals surface area contributed by atoms with Crippen LogP contribution >= 0.6 is 0 Å². The molecular weight excluding hydrogens is 416 g/mol. The largest absolute Gasteiger partial charge is 0.428 e. The summed E-state index contributed by atoms with van der Waals surface area (Å²) in [6.45, 7) is 1.36. The normalized spacial score (nSPS) is 15.2. The zero-order chi connectivity index (χ0) is 24.2. The highest BCUT2D eigenvalue weighted by Crippen LogP contribution is 2.14. The molecule has 0 radical (unpaired) electrons. The number of Topliss-reactive ketones (excluding diaryl/α,β-unsaturated/α-hetero) is 1. The number of ether oxygens (including phenoxy) is 1. The van der Waals surface area contributed by atoms with Crippen LogP contribution in [-0.2, 0) is 14.3 Å². The second kappa shape index (κ2) is 20.5. The van der Waals surface area contributed by atoms with Crippen molar-refractivity contribution < 1.29 is 39.9 Å². The van der Waals surface area contributed by atoms with Gasteiger partial charge in [0.1, 0.15) is 18.3 Å². The summed E-state index contributed by atoms with van der Waals surface area (Å²) in [5.41, 5.74) is 0. The fourth-order valence-electron chi connectivity index (χ4n) is 3.51. The van der Waals surface area contributed by atoms with E-state index in [2.05, 4.69) is 11.7 Å². The molecule has 0 aliphatic carbocycles. The highest BCUT2D eigenvalue weighted by Gasteiger charge is 2.35. The standard InChI is InChI=1S/C24H46O8/c1-2-3-4-5-6-7-8-9-10-11-12-13-14-15-16-17-20(27)32-24(31)23(30)22(29)21(28)19(26)18-25/h19,21-22,24-26,28-29,31H,2-18H2,1H3/t19-,21-,22+,24?/m1/s1. The molecular formula is C24H46O8. The number of carbonyl (C=O) groups is 2. The molecule has 32 heavy (non-hydrogen) atoms. The van der Waals surface area contributed by atoms with E-state index in [-0.39, 0.29) is 6.42 Å². The summed E-state index contributed by atoms with van der Waals surface area (Å²) in [6, 6.07) is 0. The van der Waals surface area contributed by atoms with Gasteiger partial charge >= 0.3 is 5.97 Å². The second-order valence-electron chi connectivity index (χ2n) is 8.63. The van der Waals surface area contributed by atoms with Gasteiger partial charge in [0.25, 0.3) is 6.29 Å². The van der Waals surface area contributed by atoms with Crippen LogP contribution < -0.4 is 0 Å². The lowest BCUT2D eigenvalue weighted by atomic mass is 10.0. The number of aliphatic hydroxyl groups excluding tert-OH is 5. The maximum atomic E-state index is 11.7. The van der Waals surface area contributed by atoms with Crippen molar-refractivity contribution in [3.63, 3.8) is 0 Å². The van der Waals surface area contributed by atoms with Crippen LogP contribution in [0.15, 0.2) is 0 Å². The number of aliphatic hydroxyl groups is 5. The number of rotatable bonds is 22. The van der Waals surface area contributed by atoms with Crippen molar-refractivity contribution in [2.45, 2.75) is 134 Å².